The molecule has 168 valence electrons. The van der Waals surface area contributed by atoms with Gasteiger partial charge < -0.3 is 0 Å². The van der Waals surface area contributed by atoms with Gasteiger partial charge in [-0.05, 0) is 67.7 Å². The first-order chi connectivity index (χ1) is 17.9. The van der Waals surface area contributed by atoms with Crippen LogP contribution in [0.1, 0.15) is 0 Å². The van der Waals surface area contributed by atoms with E-state index in [0.29, 0.717) is 0 Å². The minimum absolute atomic E-state index is 0.940. The quantitative estimate of drug-likeness (QED) is 0.247. The highest BCUT2D eigenvalue weighted by atomic mass is 14.7. The zero-order valence-corrected chi connectivity index (χ0v) is 19.6. The number of aromatic nitrogens is 2. The summed E-state index contributed by atoms with van der Waals surface area (Å²) in [5.41, 5.74) is 6.41. The minimum Gasteiger partial charge on any atom is -0.256 e. The van der Waals surface area contributed by atoms with Crippen molar-refractivity contribution in [3.05, 3.63) is 134 Å². The summed E-state index contributed by atoms with van der Waals surface area (Å²) in [4.78, 5) is 9.48. The predicted octanol–water partition coefficient (Wildman–Crippen LogP) is 8.94. The predicted molar refractivity (Wildman–Crippen MR) is 151 cm³/mol. The first-order valence-corrected chi connectivity index (χ1v) is 12.2. The summed E-state index contributed by atoms with van der Waals surface area (Å²) in [7, 11) is 0. The Kier molecular flexibility index (Phi) is 4.82. The van der Waals surface area contributed by atoms with Crippen LogP contribution >= 0.6 is 0 Å². The van der Waals surface area contributed by atoms with Crippen molar-refractivity contribution in [3.8, 4) is 33.6 Å². The van der Waals surface area contributed by atoms with Gasteiger partial charge in [0.1, 0.15) is 0 Å². The summed E-state index contributed by atoms with van der Waals surface area (Å²) in [6.45, 7) is 0. The normalized spacial score (nSPS) is 11.3. The Bertz CT molecular complexity index is 1830. The Morgan fingerprint density at radius 2 is 0.806 bits per heavy atom. The van der Waals surface area contributed by atoms with E-state index >= 15 is 0 Å². The monoisotopic (exact) mass is 458 g/mol. The molecule has 0 amide bonds. The van der Waals surface area contributed by atoms with E-state index in [9.17, 15) is 0 Å². The maximum absolute atomic E-state index is 4.79. The molecule has 7 rings (SSSR count). The van der Waals surface area contributed by atoms with E-state index in [1.54, 1.807) is 0 Å². The van der Waals surface area contributed by atoms with E-state index in [-0.39, 0.29) is 0 Å². The van der Waals surface area contributed by atoms with Gasteiger partial charge >= 0.3 is 0 Å². The van der Waals surface area contributed by atoms with Gasteiger partial charge in [-0.1, -0.05) is 97.1 Å². The SMILES string of the molecule is c1ccc(-c2cccc(-c3cccc4c5ccccc5c5ccccc5c34)c2-c2ccccn2)nc1. The number of hydrogen-bond acceptors (Lipinski definition) is 2. The topological polar surface area (TPSA) is 25.8 Å². The molecule has 2 aromatic heterocycles. The van der Waals surface area contributed by atoms with Crippen molar-refractivity contribution in [3.63, 3.8) is 0 Å². The Balaban J connectivity index is 1.66. The summed E-state index contributed by atoms with van der Waals surface area (Å²) in [5, 5.41) is 7.61. The number of benzene rings is 5. The van der Waals surface area contributed by atoms with Crippen LogP contribution in [0.4, 0.5) is 0 Å². The van der Waals surface area contributed by atoms with Crippen LogP contribution < -0.4 is 0 Å². The van der Waals surface area contributed by atoms with Crippen molar-refractivity contribution in [2.24, 2.45) is 0 Å². The lowest BCUT2D eigenvalue weighted by Gasteiger charge is -2.18. The molecule has 2 nitrogen and oxygen atoms in total. The first-order valence-electron chi connectivity index (χ1n) is 12.2. The van der Waals surface area contributed by atoms with Crippen LogP contribution in [-0.4, -0.2) is 9.97 Å². The summed E-state index contributed by atoms with van der Waals surface area (Å²) in [5.74, 6) is 0. The molecular weight excluding hydrogens is 436 g/mol. The lowest BCUT2D eigenvalue weighted by Crippen LogP contribution is -1.94. The third-order valence-electron chi connectivity index (χ3n) is 6.98. The summed E-state index contributed by atoms with van der Waals surface area (Å²) in [6, 6.07) is 42.8. The molecule has 0 aliphatic heterocycles. The first kappa shape index (κ1) is 20.5. The van der Waals surface area contributed by atoms with Gasteiger partial charge in [-0.15, -0.1) is 0 Å². The van der Waals surface area contributed by atoms with Crippen LogP contribution in [-0.2, 0) is 0 Å². The Morgan fingerprint density at radius 3 is 1.44 bits per heavy atom. The molecule has 36 heavy (non-hydrogen) atoms. The largest absolute Gasteiger partial charge is 0.256 e. The molecule has 0 unspecified atom stereocenters. The standard InChI is InChI=1S/C34H22N2/c1-2-12-25-23(11-1)24-13-3-4-14-26(24)33-27(25)15-9-16-28(33)29-17-10-18-30(31-19-5-7-21-35-31)34(29)32-20-6-8-22-36-32/h1-22H. The van der Waals surface area contributed by atoms with E-state index < -0.39 is 0 Å². The second-order valence-corrected chi connectivity index (χ2v) is 8.98. The van der Waals surface area contributed by atoms with Gasteiger partial charge in [0.25, 0.3) is 0 Å². The highest BCUT2D eigenvalue weighted by molar-refractivity contribution is 6.28. The van der Waals surface area contributed by atoms with Crippen molar-refractivity contribution in [1.29, 1.82) is 0 Å². The van der Waals surface area contributed by atoms with Crippen molar-refractivity contribution in [1.82, 2.24) is 9.97 Å². The highest BCUT2D eigenvalue weighted by Crippen LogP contribution is 2.44. The van der Waals surface area contributed by atoms with E-state index in [0.717, 1.165) is 28.1 Å². The fourth-order valence-electron chi connectivity index (χ4n) is 5.48. The van der Waals surface area contributed by atoms with Crippen LogP contribution in [0, 0.1) is 0 Å². The molecule has 0 atom stereocenters. The highest BCUT2D eigenvalue weighted by Gasteiger charge is 2.19. The number of pyridine rings is 2. The number of hydrogen-bond donors (Lipinski definition) is 0. The molecule has 5 aromatic carbocycles. The summed E-state index contributed by atoms with van der Waals surface area (Å²) < 4.78 is 0. The van der Waals surface area contributed by atoms with E-state index in [4.69, 9.17) is 9.97 Å². The second kappa shape index (κ2) is 8.44. The Labute approximate surface area is 209 Å². The molecular formula is C34H22N2. The molecule has 0 aliphatic rings. The average molecular weight is 459 g/mol. The van der Waals surface area contributed by atoms with Crippen molar-refractivity contribution >= 4 is 32.3 Å². The summed E-state index contributed by atoms with van der Waals surface area (Å²) >= 11 is 0. The minimum atomic E-state index is 0.940. The van der Waals surface area contributed by atoms with Crippen LogP contribution in [0.2, 0.25) is 0 Å². The van der Waals surface area contributed by atoms with Crippen LogP contribution in [0.25, 0.3) is 66.0 Å². The zero-order valence-electron chi connectivity index (χ0n) is 19.6. The van der Waals surface area contributed by atoms with E-state index in [1.165, 1.54) is 37.9 Å². The molecule has 0 N–H and O–H groups in total. The van der Waals surface area contributed by atoms with Crippen LogP contribution in [0.5, 0.6) is 0 Å². The van der Waals surface area contributed by atoms with E-state index in [2.05, 4.69) is 97.1 Å². The fourth-order valence-corrected chi connectivity index (χ4v) is 5.48. The lowest BCUT2D eigenvalue weighted by molar-refractivity contribution is 1.30. The number of rotatable bonds is 3. The summed E-state index contributed by atoms with van der Waals surface area (Å²) in [6.07, 6.45) is 3.71. The van der Waals surface area contributed by atoms with Gasteiger partial charge in [0.15, 0.2) is 0 Å². The maximum Gasteiger partial charge on any atom is 0.0715 e. The lowest BCUT2D eigenvalue weighted by atomic mass is 9.86. The molecule has 7 aromatic rings. The van der Waals surface area contributed by atoms with E-state index in [1.807, 2.05) is 36.7 Å². The maximum atomic E-state index is 4.79. The average Bonchev–Trinajstić information content (AvgIpc) is 2.97. The molecule has 0 spiro atoms. The van der Waals surface area contributed by atoms with Crippen molar-refractivity contribution in [2.75, 3.05) is 0 Å². The van der Waals surface area contributed by atoms with Gasteiger partial charge in [-0.25, -0.2) is 0 Å². The Morgan fingerprint density at radius 1 is 0.333 bits per heavy atom. The van der Waals surface area contributed by atoms with Crippen molar-refractivity contribution in [2.45, 2.75) is 0 Å². The van der Waals surface area contributed by atoms with Crippen LogP contribution in [0.3, 0.4) is 0 Å². The smallest absolute Gasteiger partial charge is 0.0715 e. The Hall–Kier alpha value is -4.82. The third kappa shape index (κ3) is 3.19. The molecule has 0 saturated heterocycles. The zero-order chi connectivity index (χ0) is 23.9. The molecule has 2 heterocycles. The van der Waals surface area contributed by atoms with Crippen molar-refractivity contribution < 1.29 is 0 Å². The van der Waals surface area contributed by atoms with Gasteiger partial charge in [-0.2, -0.15) is 0 Å². The molecule has 0 radical (unpaired) electrons. The number of nitrogens with zero attached hydrogens (tertiary/aromatic N) is 2. The van der Waals surface area contributed by atoms with Gasteiger partial charge in [0, 0.05) is 23.5 Å². The molecule has 0 saturated carbocycles. The number of fused-ring (bicyclic) bond motifs is 6. The fraction of sp³-hybridized carbons (Fsp3) is 0. The molecule has 0 fully saturated rings. The van der Waals surface area contributed by atoms with Gasteiger partial charge in [-0.3, -0.25) is 9.97 Å². The molecule has 0 aliphatic carbocycles. The third-order valence-corrected chi connectivity index (χ3v) is 6.98. The molecule has 0 bridgehead atoms. The van der Waals surface area contributed by atoms with Gasteiger partial charge in [0.05, 0.1) is 11.4 Å². The van der Waals surface area contributed by atoms with Crippen LogP contribution in [0.15, 0.2) is 134 Å². The second-order valence-electron chi connectivity index (χ2n) is 8.98. The molecule has 2 heteroatoms. The van der Waals surface area contributed by atoms with Gasteiger partial charge in [0.2, 0.25) is 0 Å².